The molecular formula is C21H28N2O5. The van der Waals surface area contributed by atoms with Gasteiger partial charge in [0.05, 0.1) is 6.04 Å². The van der Waals surface area contributed by atoms with Crippen LogP contribution in [0.5, 0.6) is 0 Å². The average molecular weight is 388 g/mol. The maximum atomic E-state index is 12.7. The number of nitrogens with zero attached hydrogens (tertiary/aromatic N) is 1. The van der Waals surface area contributed by atoms with E-state index >= 15 is 0 Å². The van der Waals surface area contributed by atoms with E-state index in [0.29, 0.717) is 6.42 Å². The minimum Gasteiger partial charge on any atom is -0.439 e. The number of rotatable bonds is 3. The lowest BCUT2D eigenvalue weighted by molar-refractivity contribution is -0.184. The van der Waals surface area contributed by atoms with Crippen molar-refractivity contribution in [2.24, 2.45) is 0 Å². The molecule has 28 heavy (non-hydrogen) atoms. The second-order valence-corrected chi connectivity index (χ2v) is 7.82. The van der Waals surface area contributed by atoms with E-state index in [1.54, 1.807) is 7.11 Å². The van der Waals surface area contributed by atoms with Crippen molar-refractivity contribution >= 4 is 12.1 Å². The molecule has 1 aliphatic carbocycles. The van der Waals surface area contributed by atoms with Crippen molar-refractivity contribution in [3.63, 3.8) is 0 Å². The Morgan fingerprint density at radius 2 is 1.96 bits per heavy atom. The van der Waals surface area contributed by atoms with Gasteiger partial charge in [-0.2, -0.15) is 0 Å². The molecule has 4 atom stereocenters. The van der Waals surface area contributed by atoms with Crippen LogP contribution >= 0.6 is 0 Å². The molecule has 3 aliphatic rings. The number of hydrogen-bond donors (Lipinski definition) is 1. The van der Waals surface area contributed by atoms with Crippen LogP contribution in [-0.2, 0) is 27.1 Å². The summed E-state index contributed by atoms with van der Waals surface area (Å²) in [5.74, 6) is 0. The highest BCUT2D eigenvalue weighted by Crippen LogP contribution is 2.34. The minimum atomic E-state index is -0.619. The normalized spacial score (nSPS) is 29.9. The van der Waals surface area contributed by atoms with Crippen LogP contribution in [0.3, 0.4) is 0 Å². The van der Waals surface area contributed by atoms with Crippen molar-refractivity contribution in [3.8, 4) is 0 Å². The molecule has 0 aromatic heterocycles. The van der Waals surface area contributed by atoms with Crippen LogP contribution in [0.15, 0.2) is 18.2 Å². The highest BCUT2D eigenvalue weighted by molar-refractivity contribution is 5.93. The van der Waals surface area contributed by atoms with Crippen LogP contribution < -0.4 is 5.32 Å². The molecule has 1 aromatic carbocycles. The number of aryl methyl sites for hydroxylation is 2. The van der Waals surface area contributed by atoms with Crippen LogP contribution in [0, 0.1) is 0 Å². The predicted octanol–water partition coefficient (Wildman–Crippen LogP) is 3.66. The molecule has 0 saturated carbocycles. The Balaban J connectivity index is 1.45. The lowest BCUT2D eigenvalue weighted by atomic mass is 9.89. The van der Waals surface area contributed by atoms with E-state index in [2.05, 4.69) is 17.4 Å². The summed E-state index contributed by atoms with van der Waals surface area (Å²) in [7, 11) is 1.58. The van der Waals surface area contributed by atoms with Gasteiger partial charge in [-0.15, -0.1) is 0 Å². The maximum Gasteiger partial charge on any atom is 0.419 e. The number of benzene rings is 1. The zero-order valence-electron chi connectivity index (χ0n) is 16.5. The first kappa shape index (κ1) is 19.2. The van der Waals surface area contributed by atoms with E-state index in [9.17, 15) is 9.59 Å². The standard InChI is InChI=1S/C21H28N2O5/c1-13-19(16-11-10-14-6-3-4-7-15(14)12-16)28-21(25)23(13)20(24)22-17-8-5-9-18(26-2)27-17/h10-13,17-19H,3-9H2,1-2H3,(H,22,24). The third-order valence-corrected chi connectivity index (χ3v) is 5.96. The summed E-state index contributed by atoms with van der Waals surface area (Å²) in [6.07, 6.45) is 5.09. The minimum absolute atomic E-state index is 0.328. The Morgan fingerprint density at radius 1 is 1.18 bits per heavy atom. The van der Waals surface area contributed by atoms with Gasteiger partial charge < -0.3 is 19.5 Å². The van der Waals surface area contributed by atoms with Crippen molar-refractivity contribution in [3.05, 3.63) is 34.9 Å². The van der Waals surface area contributed by atoms with Gasteiger partial charge in [0.2, 0.25) is 0 Å². The average Bonchev–Trinajstić information content (AvgIpc) is 3.01. The van der Waals surface area contributed by atoms with Gasteiger partial charge in [0.25, 0.3) is 0 Å². The van der Waals surface area contributed by atoms with Gasteiger partial charge in [0.1, 0.15) is 12.3 Å². The Labute approximate surface area is 165 Å². The summed E-state index contributed by atoms with van der Waals surface area (Å²) in [6.45, 7) is 1.84. The van der Waals surface area contributed by atoms with Gasteiger partial charge in [0.15, 0.2) is 6.29 Å². The predicted molar refractivity (Wildman–Crippen MR) is 102 cm³/mol. The number of fused-ring (bicyclic) bond motifs is 1. The van der Waals surface area contributed by atoms with Crippen LogP contribution in [0.2, 0.25) is 0 Å². The molecule has 4 rings (SSSR count). The molecule has 2 saturated heterocycles. The second kappa shape index (κ2) is 8.09. The van der Waals surface area contributed by atoms with E-state index in [-0.39, 0.29) is 6.29 Å². The summed E-state index contributed by atoms with van der Waals surface area (Å²) in [6, 6.07) is 5.41. The molecule has 0 radical (unpaired) electrons. The molecule has 2 heterocycles. The number of nitrogens with one attached hydrogen (secondary N) is 1. The number of methoxy groups -OCH3 is 1. The summed E-state index contributed by atoms with van der Waals surface area (Å²) in [4.78, 5) is 26.3. The Bertz CT molecular complexity index is 752. The van der Waals surface area contributed by atoms with Crippen LogP contribution in [0.1, 0.15) is 61.8 Å². The molecule has 0 spiro atoms. The topological polar surface area (TPSA) is 77.1 Å². The number of amides is 3. The van der Waals surface area contributed by atoms with E-state index in [4.69, 9.17) is 14.2 Å². The molecule has 152 valence electrons. The molecule has 1 aromatic rings. The highest BCUT2D eigenvalue weighted by atomic mass is 16.7. The molecular weight excluding hydrogens is 360 g/mol. The first-order valence-electron chi connectivity index (χ1n) is 10.2. The van der Waals surface area contributed by atoms with Crippen molar-refractivity contribution < 1.29 is 23.8 Å². The number of carbonyl (C=O) groups is 2. The lowest BCUT2D eigenvalue weighted by Gasteiger charge is -2.30. The molecule has 4 unspecified atom stereocenters. The zero-order valence-corrected chi connectivity index (χ0v) is 16.5. The Kier molecular flexibility index (Phi) is 5.55. The molecule has 3 amide bonds. The number of carbonyl (C=O) groups excluding carboxylic acids is 2. The molecule has 2 aliphatic heterocycles. The largest absolute Gasteiger partial charge is 0.439 e. The number of hydrogen-bond acceptors (Lipinski definition) is 5. The van der Waals surface area contributed by atoms with Crippen molar-refractivity contribution in [1.82, 2.24) is 10.2 Å². The van der Waals surface area contributed by atoms with E-state index in [1.165, 1.54) is 24.0 Å². The molecule has 7 heteroatoms. The van der Waals surface area contributed by atoms with Crippen LogP contribution in [0.4, 0.5) is 9.59 Å². The summed E-state index contributed by atoms with van der Waals surface area (Å²) in [5.41, 5.74) is 3.66. The third kappa shape index (κ3) is 3.73. The molecule has 7 nitrogen and oxygen atoms in total. The lowest BCUT2D eigenvalue weighted by Crippen LogP contribution is -2.50. The van der Waals surface area contributed by atoms with Gasteiger partial charge >= 0.3 is 12.1 Å². The van der Waals surface area contributed by atoms with Gasteiger partial charge in [-0.3, -0.25) is 0 Å². The van der Waals surface area contributed by atoms with E-state index in [1.807, 2.05) is 13.0 Å². The third-order valence-electron chi connectivity index (χ3n) is 5.96. The molecule has 2 fully saturated rings. The number of ether oxygens (including phenoxy) is 3. The fourth-order valence-corrected chi connectivity index (χ4v) is 4.39. The van der Waals surface area contributed by atoms with E-state index < -0.39 is 30.5 Å². The van der Waals surface area contributed by atoms with Gasteiger partial charge in [-0.1, -0.05) is 18.2 Å². The maximum absolute atomic E-state index is 12.7. The monoisotopic (exact) mass is 388 g/mol. The molecule has 0 bridgehead atoms. The fraction of sp³-hybridized carbons (Fsp3) is 0.619. The fourth-order valence-electron chi connectivity index (χ4n) is 4.39. The first-order chi connectivity index (χ1) is 13.6. The van der Waals surface area contributed by atoms with Gasteiger partial charge in [0, 0.05) is 7.11 Å². The zero-order chi connectivity index (χ0) is 19.7. The SMILES string of the molecule is COC1CCCC(NC(=O)N2C(=O)OC(c3ccc4c(c3)CCCC4)C2C)O1. The summed E-state index contributed by atoms with van der Waals surface area (Å²) >= 11 is 0. The van der Waals surface area contributed by atoms with E-state index in [0.717, 1.165) is 36.1 Å². The quantitative estimate of drug-likeness (QED) is 0.855. The van der Waals surface area contributed by atoms with Crippen LogP contribution in [-0.4, -0.2) is 42.7 Å². The summed E-state index contributed by atoms with van der Waals surface area (Å²) < 4.78 is 16.5. The first-order valence-corrected chi connectivity index (χ1v) is 10.2. The number of imide groups is 1. The number of cyclic esters (lactones) is 1. The van der Waals surface area contributed by atoms with Gasteiger partial charge in [-0.25, -0.2) is 14.5 Å². The van der Waals surface area contributed by atoms with Crippen molar-refractivity contribution in [2.75, 3.05) is 7.11 Å². The molecule has 1 N–H and O–H groups in total. The Morgan fingerprint density at radius 3 is 2.75 bits per heavy atom. The van der Waals surface area contributed by atoms with Crippen molar-refractivity contribution in [2.45, 2.75) is 76.5 Å². The van der Waals surface area contributed by atoms with Crippen LogP contribution in [0.25, 0.3) is 0 Å². The number of urea groups is 1. The summed E-state index contributed by atoms with van der Waals surface area (Å²) in [5, 5.41) is 2.79. The second-order valence-electron chi connectivity index (χ2n) is 7.82. The van der Waals surface area contributed by atoms with Crippen molar-refractivity contribution in [1.29, 1.82) is 0 Å². The highest BCUT2D eigenvalue weighted by Gasteiger charge is 2.44. The van der Waals surface area contributed by atoms with Gasteiger partial charge in [-0.05, 0) is 68.6 Å². The smallest absolute Gasteiger partial charge is 0.419 e. The Hall–Kier alpha value is -2.12.